The van der Waals surface area contributed by atoms with E-state index in [2.05, 4.69) is 43.5 Å². The fourth-order valence-corrected chi connectivity index (χ4v) is 7.31. The molecule has 12 heteroatoms. The number of phosphoric acid groups is 1. The first kappa shape index (κ1) is 56.0. The molecular weight excluding hydrogens is 757 g/mol. The van der Waals surface area contributed by atoms with Gasteiger partial charge >= 0.3 is 19.8 Å². The van der Waals surface area contributed by atoms with Gasteiger partial charge in [-0.05, 0) is 64.2 Å². The number of rotatable bonds is 44. The molecule has 11 nitrogen and oxygen atoms in total. The summed E-state index contributed by atoms with van der Waals surface area (Å²) >= 11 is 0. The van der Waals surface area contributed by atoms with Crippen LogP contribution in [-0.4, -0.2) is 64.9 Å². The third-order valence-electron chi connectivity index (χ3n) is 10.2. The molecule has 0 heterocycles. The van der Waals surface area contributed by atoms with Gasteiger partial charge in [0, 0.05) is 12.8 Å². The minimum Gasteiger partial charge on any atom is -0.480 e. The molecule has 0 spiro atoms. The summed E-state index contributed by atoms with van der Waals surface area (Å²) in [4.78, 5) is 46.0. The molecule has 0 fully saturated rings. The number of aliphatic hydroxyl groups excluding tert-OH is 1. The molecule has 0 rings (SSSR count). The van der Waals surface area contributed by atoms with E-state index in [0.29, 0.717) is 12.8 Å². The van der Waals surface area contributed by atoms with Crippen molar-refractivity contribution in [1.29, 1.82) is 0 Å². The number of hydrogen-bond acceptors (Lipinski definition) is 8. The molecule has 0 saturated carbocycles. The molecule has 1 amide bonds. The first-order valence-electron chi connectivity index (χ1n) is 23.4. The Labute approximate surface area is 353 Å². The highest BCUT2D eigenvalue weighted by Crippen LogP contribution is 2.43. The highest BCUT2D eigenvalue weighted by Gasteiger charge is 2.28. The minimum absolute atomic E-state index is 0.142. The van der Waals surface area contributed by atoms with Crippen molar-refractivity contribution in [3.63, 3.8) is 0 Å². The summed E-state index contributed by atoms with van der Waals surface area (Å²) in [6.45, 7) is 2.60. The lowest BCUT2D eigenvalue weighted by Crippen LogP contribution is -2.43. The number of carboxylic acid groups (broad SMARTS) is 1. The maximum absolute atomic E-state index is 12.3. The Bertz CT molecular complexity index is 1080. The van der Waals surface area contributed by atoms with Crippen molar-refractivity contribution >= 4 is 25.7 Å². The third-order valence-corrected chi connectivity index (χ3v) is 11.2. The van der Waals surface area contributed by atoms with E-state index < -0.39 is 57.6 Å². The van der Waals surface area contributed by atoms with Crippen molar-refractivity contribution < 1.29 is 47.8 Å². The van der Waals surface area contributed by atoms with Crippen molar-refractivity contribution in [2.45, 2.75) is 231 Å². The molecule has 0 aliphatic heterocycles. The molecule has 3 unspecified atom stereocenters. The number of ether oxygens (including phenoxy) is 1. The van der Waals surface area contributed by atoms with E-state index in [1.54, 1.807) is 0 Å². The predicted octanol–water partition coefficient (Wildman–Crippen LogP) is 12.2. The van der Waals surface area contributed by atoms with E-state index in [4.69, 9.17) is 13.8 Å². The molecular formula is C46H86NO10P. The first-order chi connectivity index (χ1) is 28.1. The fourth-order valence-electron chi connectivity index (χ4n) is 6.54. The Morgan fingerprint density at radius 3 is 1.31 bits per heavy atom. The van der Waals surface area contributed by atoms with Crippen LogP contribution in [0.2, 0.25) is 0 Å². The molecule has 3 atom stereocenters. The molecule has 0 aromatic carbocycles. The molecule has 0 bridgehead atoms. The van der Waals surface area contributed by atoms with Crippen LogP contribution in [0.3, 0.4) is 0 Å². The van der Waals surface area contributed by atoms with Crippen molar-refractivity contribution in [2.24, 2.45) is 0 Å². The van der Waals surface area contributed by atoms with Gasteiger partial charge in [-0.3, -0.25) is 18.6 Å². The van der Waals surface area contributed by atoms with E-state index in [1.807, 2.05) is 0 Å². The molecule has 0 aromatic heterocycles. The number of nitrogens with one attached hydrogen (secondary N) is 1. The summed E-state index contributed by atoms with van der Waals surface area (Å²) in [6.07, 6.45) is 43.4. The molecule has 0 aromatic rings. The Kier molecular flexibility index (Phi) is 40.2. The number of amides is 1. The number of carbonyl (C=O) groups excluding carboxylic acids is 2. The second-order valence-electron chi connectivity index (χ2n) is 15.9. The molecule has 340 valence electrons. The molecule has 0 aliphatic rings. The summed E-state index contributed by atoms with van der Waals surface area (Å²) in [5.74, 6) is -2.37. The number of aliphatic carboxylic acids is 1. The van der Waals surface area contributed by atoms with Crippen LogP contribution in [0, 0.1) is 0 Å². The van der Waals surface area contributed by atoms with Gasteiger partial charge in [-0.25, -0.2) is 9.36 Å². The van der Waals surface area contributed by atoms with Crippen molar-refractivity contribution in [3.05, 3.63) is 24.3 Å². The SMILES string of the molecule is CCCCCCCC/C=C\CCCCCCCCCC(=O)NC(COP(=O)(O)OCC(O)COC(=O)CCCCCCCCC/C=C\CCCCCCCC)C(=O)O. The number of carbonyl (C=O) groups is 3. The van der Waals surface area contributed by atoms with Gasteiger partial charge in [-0.1, -0.05) is 167 Å². The van der Waals surface area contributed by atoms with Gasteiger partial charge in [-0.15, -0.1) is 0 Å². The van der Waals surface area contributed by atoms with Crippen molar-refractivity contribution in [2.75, 3.05) is 19.8 Å². The van der Waals surface area contributed by atoms with Gasteiger partial charge in [0.2, 0.25) is 5.91 Å². The van der Waals surface area contributed by atoms with Crippen LogP contribution in [0.1, 0.15) is 219 Å². The van der Waals surface area contributed by atoms with Gasteiger partial charge in [0.25, 0.3) is 0 Å². The largest absolute Gasteiger partial charge is 0.480 e. The van der Waals surface area contributed by atoms with E-state index in [1.165, 1.54) is 122 Å². The number of aliphatic hydroxyl groups is 1. The molecule has 58 heavy (non-hydrogen) atoms. The second kappa shape index (κ2) is 41.7. The van der Waals surface area contributed by atoms with Gasteiger partial charge in [0.1, 0.15) is 12.7 Å². The Hall–Kier alpha value is -2.04. The maximum atomic E-state index is 12.3. The van der Waals surface area contributed by atoms with Crippen molar-refractivity contribution in [1.82, 2.24) is 5.32 Å². The van der Waals surface area contributed by atoms with Crippen molar-refractivity contribution in [3.8, 4) is 0 Å². The number of unbranched alkanes of at least 4 members (excludes halogenated alkanes) is 26. The van der Waals surface area contributed by atoms with Crippen LogP contribution >= 0.6 is 7.82 Å². The zero-order valence-corrected chi connectivity index (χ0v) is 37.8. The Morgan fingerprint density at radius 1 is 0.534 bits per heavy atom. The normalized spacial score (nSPS) is 13.9. The van der Waals surface area contributed by atoms with Gasteiger partial charge in [0.15, 0.2) is 6.04 Å². The smallest absolute Gasteiger partial charge is 0.472 e. The van der Waals surface area contributed by atoms with Crippen LogP contribution < -0.4 is 5.32 Å². The maximum Gasteiger partial charge on any atom is 0.472 e. The number of hydrogen-bond donors (Lipinski definition) is 4. The fraction of sp³-hybridized carbons (Fsp3) is 0.848. The Balaban J connectivity index is 3.87. The highest BCUT2D eigenvalue weighted by molar-refractivity contribution is 7.47. The lowest BCUT2D eigenvalue weighted by molar-refractivity contribution is -0.147. The zero-order chi connectivity index (χ0) is 42.8. The summed E-state index contributed by atoms with van der Waals surface area (Å²) in [6, 6.07) is -1.55. The van der Waals surface area contributed by atoms with E-state index in [9.17, 15) is 34.1 Å². The molecule has 4 N–H and O–H groups in total. The molecule has 0 aliphatic carbocycles. The first-order valence-corrected chi connectivity index (χ1v) is 24.9. The Morgan fingerprint density at radius 2 is 0.897 bits per heavy atom. The van der Waals surface area contributed by atoms with Gasteiger partial charge in [0.05, 0.1) is 13.2 Å². The van der Waals surface area contributed by atoms with Crippen LogP contribution in [-0.2, 0) is 32.7 Å². The average Bonchev–Trinajstić information content (AvgIpc) is 3.20. The standard InChI is InChI=1S/C46H86NO10P/c1-3-5-7-9-11-13-15-17-19-21-23-25-27-29-31-33-35-37-44(49)47-43(46(51)52)41-57-58(53,54)56-40-42(48)39-55-45(50)38-36-34-32-30-28-26-24-22-20-18-16-14-12-10-8-6-4-2/h17-20,42-43,48H,3-16,21-41H2,1-2H3,(H,47,49)(H,51,52)(H,53,54)/b19-17-,20-18-. The van der Waals surface area contributed by atoms with E-state index >= 15 is 0 Å². The lowest BCUT2D eigenvalue weighted by atomic mass is 10.1. The van der Waals surface area contributed by atoms with Gasteiger partial charge in [-0.2, -0.15) is 0 Å². The van der Waals surface area contributed by atoms with Gasteiger partial charge < -0.3 is 25.2 Å². The summed E-state index contributed by atoms with van der Waals surface area (Å²) in [5.41, 5.74) is 0. The molecule has 0 saturated heterocycles. The summed E-state index contributed by atoms with van der Waals surface area (Å²) < 4.78 is 26.9. The predicted molar refractivity (Wildman–Crippen MR) is 236 cm³/mol. The second-order valence-corrected chi connectivity index (χ2v) is 17.4. The zero-order valence-electron chi connectivity index (χ0n) is 36.9. The van der Waals surface area contributed by atoms with Crippen LogP contribution in [0.5, 0.6) is 0 Å². The topological polar surface area (TPSA) is 169 Å². The monoisotopic (exact) mass is 844 g/mol. The van der Waals surface area contributed by atoms with E-state index in [-0.39, 0.29) is 12.8 Å². The highest BCUT2D eigenvalue weighted by atomic mass is 31.2. The van der Waals surface area contributed by atoms with Crippen LogP contribution in [0.25, 0.3) is 0 Å². The van der Waals surface area contributed by atoms with E-state index in [0.717, 1.165) is 57.8 Å². The quantitative estimate of drug-likeness (QED) is 0.0200. The van der Waals surface area contributed by atoms with Crippen LogP contribution in [0.4, 0.5) is 0 Å². The third kappa shape index (κ3) is 40.7. The number of allylic oxidation sites excluding steroid dienone is 4. The average molecular weight is 844 g/mol. The summed E-state index contributed by atoms with van der Waals surface area (Å²) in [5, 5.41) is 21.9. The number of esters is 1. The minimum atomic E-state index is -4.76. The summed E-state index contributed by atoms with van der Waals surface area (Å²) in [7, 11) is -4.76. The molecule has 0 radical (unpaired) electrons. The lowest BCUT2D eigenvalue weighted by Gasteiger charge is -2.18. The number of carboxylic acids is 1. The number of phosphoric ester groups is 1. The van der Waals surface area contributed by atoms with Crippen LogP contribution in [0.15, 0.2) is 24.3 Å².